The number of hydrogen-bond donors (Lipinski definition) is 2. The number of halogens is 1. The molecule has 7 heteroatoms. The fourth-order valence-electron chi connectivity index (χ4n) is 2.06. The number of guanidine groups is 1. The molecule has 0 unspecified atom stereocenters. The first-order valence-electron chi connectivity index (χ1n) is 5.90. The molecule has 0 saturated carbocycles. The van der Waals surface area contributed by atoms with E-state index in [1.807, 2.05) is 30.7 Å². The van der Waals surface area contributed by atoms with Gasteiger partial charge in [-0.15, -0.1) is 5.10 Å². The lowest BCUT2D eigenvalue weighted by molar-refractivity contribution is 0.412. The van der Waals surface area contributed by atoms with E-state index < -0.39 is 0 Å². The van der Waals surface area contributed by atoms with Crippen molar-refractivity contribution in [1.82, 2.24) is 4.57 Å². The molecule has 0 saturated heterocycles. The van der Waals surface area contributed by atoms with Gasteiger partial charge in [-0.1, -0.05) is 11.6 Å². The highest BCUT2D eigenvalue weighted by molar-refractivity contribution is 6.34. The summed E-state index contributed by atoms with van der Waals surface area (Å²) in [7, 11) is 3.51. The fourth-order valence-corrected chi connectivity index (χ4v) is 2.30. The maximum absolute atomic E-state index is 6.32. The molecule has 4 N–H and O–H groups in total. The standard InChI is InChI=1S/C13H16ClN5O/c1-7-4-10-8(5-11(7)20-3)9(12(14)19(10)2)6-17-18-13(15)16/h4-6H,1-3H3,(H4,15,16,18)/b17-6+. The Morgan fingerprint density at radius 3 is 2.70 bits per heavy atom. The van der Waals surface area contributed by atoms with E-state index in [1.165, 1.54) is 6.21 Å². The summed E-state index contributed by atoms with van der Waals surface area (Å²) in [4.78, 5) is 0. The number of nitrogens with two attached hydrogens (primary N) is 2. The molecular weight excluding hydrogens is 278 g/mol. The Balaban J connectivity index is 2.67. The quantitative estimate of drug-likeness (QED) is 0.513. The van der Waals surface area contributed by atoms with Gasteiger partial charge in [-0.05, 0) is 24.6 Å². The maximum Gasteiger partial charge on any atom is 0.211 e. The molecule has 1 heterocycles. The summed E-state index contributed by atoms with van der Waals surface area (Å²) >= 11 is 6.32. The molecule has 0 aliphatic rings. The summed E-state index contributed by atoms with van der Waals surface area (Å²) in [5, 5.41) is 8.88. The molecule has 20 heavy (non-hydrogen) atoms. The van der Waals surface area contributed by atoms with E-state index in [0.29, 0.717) is 5.15 Å². The Bertz CT molecular complexity index is 713. The van der Waals surface area contributed by atoms with E-state index in [0.717, 1.165) is 27.8 Å². The van der Waals surface area contributed by atoms with Gasteiger partial charge in [0.1, 0.15) is 10.9 Å². The number of nitrogens with zero attached hydrogens (tertiary/aromatic N) is 3. The van der Waals surface area contributed by atoms with Crippen LogP contribution in [0.5, 0.6) is 5.75 Å². The minimum Gasteiger partial charge on any atom is -0.496 e. The van der Waals surface area contributed by atoms with Crippen LogP contribution < -0.4 is 16.2 Å². The summed E-state index contributed by atoms with van der Waals surface area (Å²) in [6, 6.07) is 3.94. The number of methoxy groups -OCH3 is 1. The zero-order valence-corrected chi connectivity index (χ0v) is 12.3. The van der Waals surface area contributed by atoms with Gasteiger partial charge in [0.15, 0.2) is 0 Å². The second kappa shape index (κ2) is 5.42. The van der Waals surface area contributed by atoms with E-state index in [2.05, 4.69) is 10.2 Å². The smallest absolute Gasteiger partial charge is 0.211 e. The van der Waals surface area contributed by atoms with Crippen molar-refractivity contribution in [3.05, 3.63) is 28.4 Å². The Hall–Kier alpha value is -2.21. The second-order valence-corrected chi connectivity index (χ2v) is 4.73. The van der Waals surface area contributed by atoms with Crippen molar-refractivity contribution in [2.45, 2.75) is 6.92 Å². The molecule has 106 valence electrons. The number of rotatable bonds is 3. The number of fused-ring (bicyclic) bond motifs is 1. The normalized spacial score (nSPS) is 11.2. The average molecular weight is 294 g/mol. The molecule has 0 aliphatic heterocycles. The van der Waals surface area contributed by atoms with Gasteiger partial charge in [0.25, 0.3) is 0 Å². The molecule has 0 amide bonds. The van der Waals surface area contributed by atoms with Crippen LogP contribution in [0.15, 0.2) is 22.3 Å². The van der Waals surface area contributed by atoms with Crippen molar-refractivity contribution in [2.24, 2.45) is 28.7 Å². The number of ether oxygens (including phenoxy) is 1. The molecular formula is C13H16ClN5O. The maximum atomic E-state index is 6.32. The van der Waals surface area contributed by atoms with E-state index in [-0.39, 0.29) is 5.96 Å². The molecule has 0 radical (unpaired) electrons. The predicted molar refractivity (Wildman–Crippen MR) is 82.6 cm³/mol. The first-order chi connectivity index (χ1) is 9.45. The number of aryl methyl sites for hydroxylation is 2. The van der Waals surface area contributed by atoms with Crippen LogP contribution in [0.3, 0.4) is 0 Å². The highest BCUT2D eigenvalue weighted by atomic mass is 35.5. The Morgan fingerprint density at radius 2 is 2.10 bits per heavy atom. The largest absolute Gasteiger partial charge is 0.496 e. The van der Waals surface area contributed by atoms with Gasteiger partial charge in [-0.2, -0.15) is 5.10 Å². The van der Waals surface area contributed by atoms with Crippen LogP contribution in [0.2, 0.25) is 5.15 Å². The van der Waals surface area contributed by atoms with Gasteiger partial charge in [0.05, 0.1) is 18.8 Å². The zero-order chi connectivity index (χ0) is 14.9. The first kappa shape index (κ1) is 14.2. The van der Waals surface area contributed by atoms with Crippen LogP contribution in [0.4, 0.5) is 0 Å². The zero-order valence-electron chi connectivity index (χ0n) is 11.5. The van der Waals surface area contributed by atoms with Crippen molar-refractivity contribution < 1.29 is 4.74 Å². The molecule has 0 aliphatic carbocycles. The molecule has 0 fully saturated rings. The third kappa shape index (κ3) is 2.42. The third-order valence-corrected chi connectivity index (χ3v) is 3.50. The lowest BCUT2D eigenvalue weighted by atomic mass is 10.1. The average Bonchev–Trinajstić information content (AvgIpc) is 2.62. The van der Waals surface area contributed by atoms with Crippen molar-refractivity contribution in [1.29, 1.82) is 0 Å². The van der Waals surface area contributed by atoms with Crippen LogP contribution in [0.1, 0.15) is 11.1 Å². The summed E-state index contributed by atoms with van der Waals surface area (Å²) in [6.07, 6.45) is 1.53. The van der Waals surface area contributed by atoms with Gasteiger partial charge in [0, 0.05) is 18.0 Å². The fraction of sp³-hybridized carbons (Fsp3) is 0.231. The van der Waals surface area contributed by atoms with Crippen molar-refractivity contribution in [3.8, 4) is 5.75 Å². The second-order valence-electron chi connectivity index (χ2n) is 4.37. The lowest BCUT2D eigenvalue weighted by Gasteiger charge is -2.05. The van der Waals surface area contributed by atoms with Gasteiger partial charge in [0.2, 0.25) is 5.96 Å². The van der Waals surface area contributed by atoms with Gasteiger partial charge in [-0.3, -0.25) is 0 Å². The minimum atomic E-state index is -0.106. The van der Waals surface area contributed by atoms with Crippen LogP contribution >= 0.6 is 11.6 Å². The monoisotopic (exact) mass is 293 g/mol. The Labute approximate surface area is 121 Å². The highest BCUT2D eigenvalue weighted by Crippen LogP contribution is 2.32. The number of hydrogen-bond acceptors (Lipinski definition) is 3. The molecule has 1 aromatic carbocycles. The Kier molecular flexibility index (Phi) is 3.85. The molecule has 1 aromatic heterocycles. The SMILES string of the molecule is COc1cc2c(/C=N/N=C(N)N)c(Cl)n(C)c2cc1C. The van der Waals surface area contributed by atoms with Crippen LogP contribution in [-0.4, -0.2) is 23.9 Å². The van der Waals surface area contributed by atoms with Crippen molar-refractivity contribution in [2.75, 3.05) is 7.11 Å². The van der Waals surface area contributed by atoms with E-state index in [1.54, 1.807) is 7.11 Å². The van der Waals surface area contributed by atoms with E-state index >= 15 is 0 Å². The molecule has 2 aromatic rings. The van der Waals surface area contributed by atoms with E-state index in [4.69, 9.17) is 27.8 Å². The number of aromatic nitrogens is 1. The van der Waals surface area contributed by atoms with Gasteiger partial charge < -0.3 is 20.8 Å². The molecule has 0 bridgehead atoms. The summed E-state index contributed by atoms with van der Waals surface area (Å²) in [6.45, 7) is 1.98. The van der Waals surface area contributed by atoms with Crippen LogP contribution in [-0.2, 0) is 7.05 Å². The van der Waals surface area contributed by atoms with Gasteiger partial charge in [-0.25, -0.2) is 0 Å². The first-order valence-corrected chi connectivity index (χ1v) is 6.28. The van der Waals surface area contributed by atoms with Gasteiger partial charge >= 0.3 is 0 Å². The summed E-state index contributed by atoms with van der Waals surface area (Å²) in [5.74, 6) is 0.683. The molecule has 6 nitrogen and oxygen atoms in total. The Morgan fingerprint density at radius 1 is 1.40 bits per heavy atom. The minimum absolute atomic E-state index is 0.106. The lowest BCUT2D eigenvalue weighted by Crippen LogP contribution is -2.21. The topological polar surface area (TPSA) is 90.9 Å². The van der Waals surface area contributed by atoms with Crippen molar-refractivity contribution >= 4 is 34.7 Å². The van der Waals surface area contributed by atoms with Crippen LogP contribution in [0, 0.1) is 6.92 Å². The van der Waals surface area contributed by atoms with Crippen LogP contribution in [0.25, 0.3) is 10.9 Å². The highest BCUT2D eigenvalue weighted by Gasteiger charge is 2.14. The summed E-state index contributed by atoms with van der Waals surface area (Å²) < 4.78 is 7.21. The third-order valence-electron chi connectivity index (χ3n) is 3.04. The van der Waals surface area contributed by atoms with Crippen molar-refractivity contribution in [3.63, 3.8) is 0 Å². The molecule has 2 rings (SSSR count). The predicted octanol–water partition coefficient (Wildman–Crippen LogP) is 1.76. The molecule has 0 atom stereocenters. The molecule has 0 spiro atoms. The number of benzene rings is 1. The summed E-state index contributed by atoms with van der Waals surface area (Å²) in [5.41, 5.74) is 13.2. The van der Waals surface area contributed by atoms with E-state index in [9.17, 15) is 0 Å².